The van der Waals surface area contributed by atoms with E-state index in [4.69, 9.17) is 15.9 Å². The number of benzene rings is 2. The molecule has 2 rings (SSSR count). The van der Waals surface area contributed by atoms with Crippen LogP contribution in [0.2, 0.25) is 0 Å². The molecule has 0 aliphatic carbocycles. The van der Waals surface area contributed by atoms with E-state index in [1.165, 1.54) is 24.3 Å². The van der Waals surface area contributed by atoms with E-state index in [1.807, 2.05) is 0 Å². The fourth-order valence-electron chi connectivity index (χ4n) is 1.68. The lowest BCUT2D eigenvalue weighted by Gasteiger charge is -2.11. The van der Waals surface area contributed by atoms with Crippen molar-refractivity contribution in [2.75, 3.05) is 0 Å². The van der Waals surface area contributed by atoms with E-state index < -0.39 is 17.5 Å². The number of hydrogen-bond acceptors (Lipinski definition) is 2. The second-order valence-corrected chi connectivity index (χ2v) is 4.97. The summed E-state index contributed by atoms with van der Waals surface area (Å²) in [6.45, 7) is -0.0805. The van der Waals surface area contributed by atoms with E-state index in [9.17, 15) is 8.78 Å². The van der Waals surface area contributed by atoms with Gasteiger partial charge in [0.05, 0.1) is 5.56 Å². The van der Waals surface area contributed by atoms with E-state index in [-0.39, 0.29) is 17.9 Å². The molecule has 2 aromatic carbocycles. The third-order valence-electron chi connectivity index (χ3n) is 2.64. The molecular weight excluding hydrogens is 330 g/mol. The van der Waals surface area contributed by atoms with Gasteiger partial charge in [0.25, 0.3) is 0 Å². The zero-order valence-electron chi connectivity index (χ0n) is 10.3. The molecule has 0 aliphatic rings. The van der Waals surface area contributed by atoms with Crippen LogP contribution >= 0.6 is 15.9 Å². The maximum absolute atomic E-state index is 13.6. The van der Waals surface area contributed by atoms with Crippen molar-refractivity contribution in [3.63, 3.8) is 0 Å². The van der Waals surface area contributed by atoms with Crippen LogP contribution in [0, 0.1) is 17.0 Å². The van der Waals surface area contributed by atoms with Crippen LogP contribution in [0.15, 0.2) is 40.9 Å². The highest BCUT2D eigenvalue weighted by Crippen LogP contribution is 2.23. The summed E-state index contributed by atoms with van der Waals surface area (Å²) >= 11 is 3.16. The fraction of sp³-hybridized carbons (Fsp3) is 0.0714. The molecule has 0 bridgehead atoms. The van der Waals surface area contributed by atoms with Gasteiger partial charge in [-0.1, -0.05) is 28.1 Å². The minimum atomic E-state index is -0.647. The maximum atomic E-state index is 13.6. The van der Waals surface area contributed by atoms with Crippen LogP contribution < -0.4 is 10.5 Å². The van der Waals surface area contributed by atoms with Crippen LogP contribution in [0.4, 0.5) is 8.78 Å². The Labute approximate surface area is 123 Å². The van der Waals surface area contributed by atoms with Crippen molar-refractivity contribution >= 4 is 21.8 Å². The second kappa shape index (κ2) is 6.00. The van der Waals surface area contributed by atoms with Crippen LogP contribution in [0.5, 0.6) is 5.75 Å². The molecule has 0 aromatic heterocycles. The predicted molar refractivity (Wildman–Crippen MR) is 75.8 cm³/mol. The van der Waals surface area contributed by atoms with Gasteiger partial charge in [-0.3, -0.25) is 5.41 Å². The van der Waals surface area contributed by atoms with Gasteiger partial charge < -0.3 is 10.5 Å². The van der Waals surface area contributed by atoms with Crippen molar-refractivity contribution in [2.45, 2.75) is 6.61 Å². The maximum Gasteiger partial charge on any atom is 0.137 e. The lowest BCUT2D eigenvalue weighted by atomic mass is 10.1. The summed E-state index contributed by atoms with van der Waals surface area (Å²) in [5.74, 6) is -1.40. The summed E-state index contributed by atoms with van der Waals surface area (Å²) in [7, 11) is 0. The van der Waals surface area contributed by atoms with Crippen molar-refractivity contribution in [1.82, 2.24) is 0 Å². The molecule has 0 fully saturated rings. The zero-order valence-corrected chi connectivity index (χ0v) is 11.9. The summed E-state index contributed by atoms with van der Waals surface area (Å²) in [6.07, 6.45) is 0. The van der Waals surface area contributed by atoms with Crippen molar-refractivity contribution in [1.29, 1.82) is 5.41 Å². The first-order valence-corrected chi connectivity index (χ1v) is 6.48. The number of amidine groups is 1. The van der Waals surface area contributed by atoms with Crippen LogP contribution in [-0.4, -0.2) is 5.84 Å². The Hall–Kier alpha value is -1.95. The summed E-state index contributed by atoms with van der Waals surface area (Å²) in [5, 5.41) is 7.35. The van der Waals surface area contributed by atoms with Gasteiger partial charge in [0.2, 0.25) is 0 Å². The molecule has 3 N–H and O–H groups in total. The number of rotatable bonds is 4. The minimum Gasteiger partial charge on any atom is -0.488 e. The van der Waals surface area contributed by atoms with Gasteiger partial charge in [-0.05, 0) is 24.3 Å². The Morgan fingerprint density at radius 3 is 2.60 bits per heavy atom. The number of halogens is 3. The summed E-state index contributed by atoms with van der Waals surface area (Å²) in [4.78, 5) is 0. The molecular formula is C14H11BrF2N2O. The minimum absolute atomic E-state index is 0.0805. The smallest absolute Gasteiger partial charge is 0.137 e. The number of nitrogens with two attached hydrogens (primary N) is 1. The average molecular weight is 341 g/mol. The van der Waals surface area contributed by atoms with Gasteiger partial charge in [-0.2, -0.15) is 0 Å². The van der Waals surface area contributed by atoms with Gasteiger partial charge in [0, 0.05) is 10.0 Å². The molecule has 20 heavy (non-hydrogen) atoms. The Balaban J connectivity index is 2.23. The molecule has 0 saturated heterocycles. The van der Waals surface area contributed by atoms with Gasteiger partial charge in [0.1, 0.15) is 29.8 Å². The second-order valence-electron chi connectivity index (χ2n) is 4.05. The Morgan fingerprint density at radius 1 is 1.20 bits per heavy atom. The molecule has 0 unspecified atom stereocenters. The molecule has 0 heterocycles. The number of hydrogen-bond donors (Lipinski definition) is 2. The van der Waals surface area contributed by atoms with E-state index in [1.54, 1.807) is 12.1 Å². The number of ether oxygens (including phenoxy) is 1. The van der Waals surface area contributed by atoms with Crippen molar-refractivity contribution < 1.29 is 13.5 Å². The first kappa shape index (κ1) is 14.5. The molecule has 0 atom stereocenters. The van der Waals surface area contributed by atoms with Gasteiger partial charge >= 0.3 is 0 Å². The van der Waals surface area contributed by atoms with E-state index >= 15 is 0 Å². The summed E-state index contributed by atoms with van der Waals surface area (Å²) in [6, 6.07) is 8.66. The molecule has 0 saturated carbocycles. The lowest BCUT2D eigenvalue weighted by Crippen LogP contribution is -2.15. The topological polar surface area (TPSA) is 59.1 Å². The SMILES string of the molecule is N=C(N)c1c(F)cccc1OCc1ccc(Br)cc1F. The van der Waals surface area contributed by atoms with Gasteiger partial charge in [-0.25, -0.2) is 8.78 Å². The van der Waals surface area contributed by atoms with E-state index in [0.717, 1.165) is 0 Å². The Bertz CT molecular complexity index is 662. The monoisotopic (exact) mass is 340 g/mol. The third kappa shape index (κ3) is 3.14. The highest BCUT2D eigenvalue weighted by Gasteiger charge is 2.13. The highest BCUT2D eigenvalue weighted by molar-refractivity contribution is 9.10. The Kier molecular flexibility index (Phi) is 4.34. The Morgan fingerprint density at radius 2 is 1.95 bits per heavy atom. The molecule has 0 amide bonds. The predicted octanol–water partition coefficient (Wildman–Crippen LogP) is 3.59. The third-order valence-corrected chi connectivity index (χ3v) is 3.14. The molecule has 104 valence electrons. The molecule has 2 aromatic rings. The normalized spacial score (nSPS) is 10.3. The zero-order chi connectivity index (χ0) is 14.7. The standard InChI is InChI=1S/C14H11BrF2N2O/c15-9-5-4-8(11(17)6-9)7-20-12-3-1-2-10(16)13(12)14(18)19/h1-6H,7H2,(H3,18,19). The molecule has 6 heteroatoms. The van der Waals surface area contributed by atoms with Crippen LogP contribution in [0.1, 0.15) is 11.1 Å². The van der Waals surface area contributed by atoms with Crippen molar-refractivity contribution in [2.24, 2.45) is 5.73 Å². The van der Waals surface area contributed by atoms with Gasteiger partial charge in [0.15, 0.2) is 0 Å². The van der Waals surface area contributed by atoms with Gasteiger partial charge in [-0.15, -0.1) is 0 Å². The van der Waals surface area contributed by atoms with E-state index in [2.05, 4.69) is 15.9 Å². The largest absolute Gasteiger partial charge is 0.488 e. The van der Waals surface area contributed by atoms with E-state index in [0.29, 0.717) is 10.0 Å². The molecule has 3 nitrogen and oxygen atoms in total. The molecule has 0 spiro atoms. The summed E-state index contributed by atoms with van der Waals surface area (Å²) < 4.78 is 33.2. The summed E-state index contributed by atoms with van der Waals surface area (Å²) in [5.41, 5.74) is 5.52. The quantitative estimate of drug-likeness (QED) is 0.660. The first-order chi connectivity index (χ1) is 9.49. The molecule has 0 aliphatic heterocycles. The number of nitrogens with one attached hydrogen (secondary N) is 1. The molecule has 0 radical (unpaired) electrons. The van der Waals surface area contributed by atoms with Crippen LogP contribution in [0.25, 0.3) is 0 Å². The average Bonchev–Trinajstić information content (AvgIpc) is 2.37. The van der Waals surface area contributed by atoms with Crippen molar-refractivity contribution in [3.8, 4) is 5.75 Å². The number of nitrogen functional groups attached to an aromatic ring is 1. The van der Waals surface area contributed by atoms with Crippen molar-refractivity contribution in [3.05, 3.63) is 63.6 Å². The lowest BCUT2D eigenvalue weighted by molar-refractivity contribution is 0.297. The van der Waals surface area contributed by atoms with Crippen LogP contribution in [-0.2, 0) is 6.61 Å². The first-order valence-electron chi connectivity index (χ1n) is 5.68. The fourth-order valence-corrected chi connectivity index (χ4v) is 2.01. The van der Waals surface area contributed by atoms with Crippen LogP contribution in [0.3, 0.4) is 0 Å². The highest BCUT2D eigenvalue weighted by atomic mass is 79.9.